The Morgan fingerprint density at radius 2 is 1.75 bits per heavy atom. The van der Waals surface area contributed by atoms with Crippen molar-refractivity contribution in [3.8, 4) is 0 Å². The van der Waals surface area contributed by atoms with Crippen molar-refractivity contribution in [2.24, 2.45) is 17.4 Å². The van der Waals surface area contributed by atoms with E-state index in [0.717, 1.165) is 11.3 Å². The number of thiophene rings is 1. The zero-order valence-electron chi connectivity index (χ0n) is 13.1. The van der Waals surface area contributed by atoms with Gasteiger partial charge in [0, 0.05) is 19.0 Å². The molecule has 0 unspecified atom stereocenters. The Kier molecular flexibility index (Phi) is 5.99. The van der Waals surface area contributed by atoms with Crippen LogP contribution in [0.5, 0.6) is 0 Å². The number of primary amides is 1. The lowest BCUT2D eigenvalue weighted by Crippen LogP contribution is -2.29. The number of hydrogen-bond donors (Lipinski definition) is 2. The van der Waals surface area contributed by atoms with Gasteiger partial charge in [0.15, 0.2) is 0 Å². The number of halogens is 1. The molecule has 1 aromatic heterocycles. The van der Waals surface area contributed by atoms with Crippen molar-refractivity contribution in [1.82, 2.24) is 4.90 Å². The van der Waals surface area contributed by atoms with Gasteiger partial charge in [-0.25, -0.2) is 0 Å². The smallest absolute Gasteiger partial charge is 0.263 e. The van der Waals surface area contributed by atoms with Crippen molar-refractivity contribution in [3.63, 3.8) is 0 Å². The number of carbonyl (C=O) groups is 2. The molecule has 2 atom stereocenters. The van der Waals surface area contributed by atoms with Crippen LogP contribution in [0.2, 0.25) is 0 Å². The lowest BCUT2D eigenvalue weighted by atomic mass is 9.89. The van der Waals surface area contributed by atoms with Crippen molar-refractivity contribution < 1.29 is 9.59 Å². The Morgan fingerprint density at radius 1 is 1.08 bits per heavy atom. The van der Waals surface area contributed by atoms with E-state index in [1.807, 2.05) is 23.1 Å². The van der Waals surface area contributed by atoms with E-state index < -0.39 is 5.91 Å². The highest BCUT2D eigenvalue weighted by Crippen LogP contribution is 2.33. The summed E-state index contributed by atoms with van der Waals surface area (Å²) in [5, 5.41) is 0. The number of nitrogens with zero attached hydrogens (tertiary/aromatic N) is 1. The van der Waals surface area contributed by atoms with Crippen molar-refractivity contribution in [2.75, 3.05) is 19.6 Å². The summed E-state index contributed by atoms with van der Waals surface area (Å²) in [5.41, 5.74) is 12.4. The molecule has 2 heterocycles. The van der Waals surface area contributed by atoms with Crippen molar-refractivity contribution in [1.29, 1.82) is 0 Å². The maximum atomic E-state index is 12.7. The lowest BCUT2D eigenvalue weighted by Gasteiger charge is -2.16. The van der Waals surface area contributed by atoms with Gasteiger partial charge in [-0.2, -0.15) is 0 Å². The molecule has 0 radical (unpaired) electrons. The third-order valence-corrected chi connectivity index (χ3v) is 5.41. The summed E-state index contributed by atoms with van der Waals surface area (Å²) < 4.78 is 0. The van der Waals surface area contributed by atoms with Crippen LogP contribution in [0.25, 0.3) is 0 Å². The fourth-order valence-electron chi connectivity index (χ4n) is 3.09. The van der Waals surface area contributed by atoms with Crippen LogP contribution in [-0.4, -0.2) is 36.3 Å². The molecule has 0 saturated carbocycles. The van der Waals surface area contributed by atoms with Gasteiger partial charge < -0.3 is 16.4 Å². The van der Waals surface area contributed by atoms with Gasteiger partial charge in [-0.15, -0.1) is 23.7 Å². The van der Waals surface area contributed by atoms with Crippen molar-refractivity contribution in [3.05, 3.63) is 57.8 Å². The number of benzene rings is 1. The number of nitrogens with two attached hydrogens (primary N) is 2. The average Bonchev–Trinajstić information content (AvgIpc) is 3.22. The van der Waals surface area contributed by atoms with Gasteiger partial charge in [0.1, 0.15) is 0 Å². The monoisotopic (exact) mass is 365 g/mol. The third-order valence-electron chi connectivity index (χ3n) is 4.32. The summed E-state index contributed by atoms with van der Waals surface area (Å²) >= 11 is 1.14. The normalized spacial score (nSPS) is 19.8. The molecule has 2 amide bonds. The molecule has 4 N–H and O–H groups in total. The Morgan fingerprint density at radius 3 is 2.33 bits per heavy atom. The molecule has 128 valence electrons. The van der Waals surface area contributed by atoms with Crippen LogP contribution in [0.1, 0.15) is 30.8 Å². The summed E-state index contributed by atoms with van der Waals surface area (Å²) in [4.78, 5) is 26.6. The van der Waals surface area contributed by atoms with Crippen LogP contribution in [0.4, 0.5) is 0 Å². The predicted molar refractivity (Wildman–Crippen MR) is 97.7 cm³/mol. The Labute approximate surface area is 151 Å². The molecule has 1 saturated heterocycles. The van der Waals surface area contributed by atoms with Gasteiger partial charge in [-0.1, -0.05) is 30.3 Å². The zero-order valence-corrected chi connectivity index (χ0v) is 14.7. The number of likely N-dealkylation sites (tertiary alicyclic amines) is 1. The first-order valence-corrected chi connectivity index (χ1v) is 8.35. The minimum absolute atomic E-state index is 0. The van der Waals surface area contributed by atoms with Gasteiger partial charge >= 0.3 is 0 Å². The fourth-order valence-corrected chi connectivity index (χ4v) is 3.92. The molecule has 1 fully saturated rings. The van der Waals surface area contributed by atoms with E-state index in [9.17, 15) is 9.59 Å². The first-order valence-electron chi connectivity index (χ1n) is 7.54. The number of rotatable bonds is 4. The van der Waals surface area contributed by atoms with Crippen LogP contribution in [0.15, 0.2) is 42.5 Å². The Hall–Kier alpha value is -1.89. The maximum Gasteiger partial charge on any atom is 0.263 e. The first-order chi connectivity index (χ1) is 11.1. The molecule has 1 aliphatic rings. The highest BCUT2D eigenvalue weighted by Gasteiger charge is 2.36. The second kappa shape index (κ2) is 7.79. The van der Waals surface area contributed by atoms with Crippen LogP contribution in [0, 0.1) is 5.92 Å². The SMILES string of the molecule is Cl.NC[C@@H]1CN(C(=O)c2ccc(C(N)=O)s2)C[C@H]1c1ccccc1. The molecule has 0 bridgehead atoms. The van der Waals surface area contributed by atoms with E-state index in [1.54, 1.807) is 12.1 Å². The van der Waals surface area contributed by atoms with E-state index in [-0.39, 0.29) is 30.2 Å². The Balaban J connectivity index is 0.00000208. The molecular formula is C17H20ClN3O2S. The molecular weight excluding hydrogens is 346 g/mol. The van der Waals surface area contributed by atoms with E-state index in [2.05, 4.69) is 12.1 Å². The summed E-state index contributed by atoms with van der Waals surface area (Å²) in [6.45, 7) is 1.83. The van der Waals surface area contributed by atoms with Crippen LogP contribution >= 0.6 is 23.7 Å². The van der Waals surface area contributed by atoms with E-state index >= 15 is 0 Å². The molecule has 5 nitrogen and oxygen atoms in total. The minimum Gasteiger partial charge on any atom is -0.365 e. The summed E-state index contributed by atoms with van der Waals surface area (Å²) in [6.07, 6.45) is 0. The number of hydrogen-bond acceptors (Lipinski definition) is 4. The third kappa shape index (κ3) is 3.61. The standard InChI is InChI=1S/C17H19N3O2S.ClH/c18-8-12-9-20(10-13(12)11-4-2-1-3-5-11)17(22)15-7-6-14(23-15)16(19)21;/h1-7,12-13H,8-10,18H2,(H2,19,21);1H/t12-,13+;/m1./s1. The molecule has 24 heavy (non-hydrogen) atoms. The highest BCUT2D eigenvalue weighted by atomic mass is 35.5. The predicted octanol–water partition coefficient (Wildman–Crippen LogP) is 2.08. The van der Waals surface area contributed by atoms with Crippen LogP contribution in [-0.2, 0) is 0 Å². The minimum atomic E-state index is -0.502. The zero-order chi connectivity index (χ0) is 16.4. The first kappa shape index (κ1) is 18.4. The van der Waals surface area contributed by atoms with Gasteiger partial charge in [0.05, 0.1) is 9.75 Å². The molecule has 1 aliphatic heterocycles. The summed E-state index contributed by atoms with van der Waals surface area (Å²) in [5.74, 6) is -0.0607. The van der Waals surface area contributed by atoms with Crippen LogP contribution < -0.4 is 11.5 Å². The van der Waals surface area contributed by atoms with Crippen molar-refractivity contribution in [2.45, 2.75) is 5.92 Å². The number of amides is 2. The lowest BCUT2D eigenvalue weighted by molar-refractivity contribution is 0.0791. The summed E-state index contributed by atoms with van der Waals surface area (Å²) in [6, 6.07) is 13.4. The van der Waals surface area contributed by atoms with Gasteiger partial charge in [-0.3, -0.25) is 9.59 Å². The molecule has 3 rings (SSSR count). The second-order valence-electron chi connectivity index (χ2n) is 5.75. The quantitative estimate of drug-likeness (QED) is 0.869. The topological polar surface area (TPSA) is 89.4 Å². The Bertz CT molecular complexity index is 720. The molecule has 0 aliphatic carbocycles. The molecule has 1 aromatic carbocycles. The van der Waals surface area contributed by atoms with Crippen molar-refractivity contribution >= 4 is 35.6 Å². The maximum absolute atomic E-state index is 12.7. The number of carbonyl (C=O) groups excluding carboxylic acids is 2. The van der Waals surface area contributed by atoms with Gasteiger partial charge in [0.25, 0.3) is 11.8 Å². The van der Waals surface area contributed by atoms with E-state index in [0.29, 0.717) is 29.4 Å². The molecule has 7 heteroatoms. The largest absolute Gasteiger partial charge is 0.365 e. The average molecular weight is 366 g/mol. The molecule has 0 spiro atoms. The fraction of sp³-hybridized carbons (Fsp3) is 0.294. The van der Waals surface area contributed by atoms with Gasteiger partial charge in [-0.05, 0) is 30.2 Å². The highest BCUT2D eigenvalue weighted by molar-refractivity contribution is 7.15. The van der Waals surface area contributed by atoms with E-state index in [1.165, 1.54) is 5.56 Å². The summed E-state index contributed by atoms with van der Waals surface area (Å²) in [7, 11) is 0. The van der Waals surface area contributed by atoms with Crippen LogP contribution in [0.3, 0.4) is 0 Å². The van der Waals surface area contributed by atoms with Gasteiger partial charge in [0.2, 0.25) is 0 Å². The second-order valence-corrected chi connectivity index (χ2v) is 6.84. The van der Waals surface area contributed by atoms with E-state index in [4.69, 9.17) is 11.5 Å². The molecule has 2 aromatic rings.